The van der Waals surface area contributed by atoms with Crippen LogP contribution in [0.4, 0.5) is 5.95 Å². The second kappa shape index (κ2) is 6.20. The molecule has 0 aliphatic rings. The predicted octanol–water partition coefficient (Wildman–Crippen LogP) is 1.39. The van der Waals surface area contributed by atoms with Gasteiger partial charge in [-0.1, -0.05) is 0 Å². The van der Waals surface area contributed by atoms with Gasteiger partial charge in [0.1, 0.15) is 0 Å². The third-order valence-electron chi connectivity index (χ3n) is 2.85. The van der Waals surface area contributed by atoms with Crippen LogP contribution in [0, 0.1) is 0 Å². The molecule has 0 aliphatic carbocycles. The molecule has 0 bridgehead atoms. The van der Waals surface area contributed by atoms with Crippen molar-refractivity contribution in [1.29, 1.82) is 0 Å². The summed E-state index contributed by atoms with van der Waals surface area (Å²) in [4.78, 5) is 6.39. The highest BCUT2D eigenvalue weighted by Crippen LogP contribution is 2.11. The van der Waals surface area contributed by atoms with Crippen molar-refractivity contribution in [3.05, 3.63) is 11.9 Å². The topological polar surface area (TPSA) is 42.3 Å². The van der Waals surface area contributed by atoms with Crippen LogP contribution in [0.5, 0.6) is 0 Å². The van der Waals surface area contributed by atoms with Crippen LogP contribution in [0.2, 0.25) is 0 Å². The first-order chi connectivity index (χ1) is 8.37. The van der Waals surface area contributed by atoms with Crippen molar-refractivity contribution < 1.29 is 4.74 Å². The van der Waals surface area contributed by atoms with E-state index in [-0.39, 0.29) is 5.60 Å². The number of hydrogen-bond donors (Lipinski definition) is 1. The number of rotatable bonds is 7. The van der Waals surface area contributed by atoms with E-state index < -0.39 is 0 Å². The minimum Gasteiger partial charge on any atom is -0.375 e. The highest BCUT2D eigenvalue weighted by atomic mass is 16.5. The maximum absolute atomic E-state index is 5.65. The first kappa shape index (κ1) is 15.0. The summed E-state index contributed by atoms with van der Waals surface area (Å²) in [7, 11) is 6.03. The van der Waals surface area contributed by atoms with Crippen LogP contribution < -0.4 is 10.2 Å². The molecule has 0 saturated carbocycles. The van der Waals surface area contributed by atoms with Gasteiger partial charge in [0.25, 0.3) is 0 Å². The first-order valence-electron chi connectivity index (χ1n) is 6.40. The second-order valence-electron chi connectivity index (χ2n) is 5.30. The zero-order valence-electron chi connectivity index (χ0n) is 12.4. The molecule has 5 heteroatoms. The summed E-state index contributed by atoms with van der Waals surface area (Å²) in [6.07, 6.45) is 1.91. The third-order valence-corrected chi connectivity index (χ3v) is 2.85. The molecule has 1 aromatic rings. The number of hydrogen-bond acceptors (Lipinski definition) is 4. The van der Waals surface area contributed by atoms with Crippen LogP contribution in [0.25, 0.3) is 0 Å². The molecular weight excluding hydrogens is 228 g/mol. The Morgan fingerprint density at radius 3 is 2.61 bits per heavy atom. The molecule has 0 radical (unpaired) electrons. The quantitative estimate of drug-likeness (QED) is 0.798. The van der Waals surface area contributed by atoms with Crippen molar-refractivity contribution in [2.24, 2.45) is 7.05 Å². The minimum absolute atomic E-state index is 0.127. The van der Waals surface area contributed by atoms with Crippen LogP contribution >= 0.6 is 0 Å². The largest absolute Gasteiger partial charge is 0.375 e. The Morgan fingerprint density at radius 1 is 1.44 bits per heavy atom. The summed E-state index contributed by atoms with van der Waals surface area (Å²) in [5.41, 5.74) is 1.04. The van der Waals surface area contributed by atoms with E-state index in [0.29, 0.717) is 0 Å². The molecule has 1 rings (SSSR count). The van der Waals surface area contributed by atoms with E-state index in [9.17, 15) is 0 Å². The van der Waals surface area contributed by atoms with E-state index >= 15 is 0 Å². The number of ether oxygens (including phenoxy) is 1. The van der Waals surface area contributed by atoms with E-state index in [2.05, 4.69) is 28.7 Å². The van der Waals surface area contributed by atoms with Crippen molar-refractivity contribution >= 4 is 5.95 Å². The summed E-state index contributed by atoms with van der Waals surface area (Å²) in [6, 6.07) is 0. The number of anilines is 1. The molecule has 0 unspecified atom stereocenters. The molecule has 0 saturated heterocycles. The highest BCUT2D eigenvalue weighted by molar-refractivity contribution is 5.30. The maximum Gasteiger partial charge on any atom is 0.204 e. The minimum atomic E-state index is -0.127. The molecule has 0 aliphatic heterocycles. The molecule has 1 heterocycles. The summed E-state index contributed by atoms with van der Waals surface area (Å²) in [6.45, 7) is 8.57. The van der Waals surface area contributed by atoms with Crippen molar-refractivity contribution in [3.8, 4) is 0 Å². The van der Waals surface area contributed by atoms with Crippen molar-refractivity contribution in [2.75, 3.05) is 32.1 Å². The molecule has 0 amide bonds. The van der Waals surface area contributed by atoms with E-state index in [0.717, 1.165) is 25.6 Å². The number of nitrogens with zero attached hydrogens (tertiary/aromatic N) is 3. The van der Waals surface area contributed by atoms with Gasteiger partial charge < -0.3 is 19.5 Å². The van der Waals surface area contributed by atoms with Gasteiger partial charge in [-0.25, -0.2) is 4.98 Å². The Hall–Kier alpha value is -1.07. The average Bonchev–Trinajstić information content (AvgIpc) is 2.60. The Balaban J connectivity index is 2.49. The average molecular weight is 254 g/mol. The summed E-state index contributed by atoms with van der Waals surface area (Å²) in [5, 5.41) is 3.42. The smallest absolute Gasteiger partial charge is 0.204 e. The van der Waals surface area contributed by atoms with Crippen LogP contribution in [-0.2, 0) is 18.3 Å². The fraction of sp³-hybridized carbons (Fsp3) is 0.769. The lowest BCUT2D eigenvalue weighted by molar-refractivity contribution is -0.00905. The number of aromatic nitrogens is 2. The van der Waals surface area contributed by atoms with Crippen LogP contribution in [-0.4, -0.2) is 42.4 Å². The lowest BCUT2D eigenvalue weighted by Gasteiger charge is -2.25. The van der Waals surface area contributed by atoms with Gasteiger partial charge in [0, 0.05) is 40.8 Å². The van der Waals surface area contributed by atoms with Gasteiger partial charge in [0.15, 0.2) is 0 Å². The van der Waals surface area contributed by atoms with E-state index in [1.54, 1.807) is 0 Å². The lowest BCUT2D eigenvalue weighted by Crippen LogP contribution is -2.37. The zero-order valence-corrected chi connectivity index (χ0v) is 12.4. The SMILES string of the molecule is CCOC(C)(C)CNCc1cnc(N(C)C)n1C. The Kier molecular flexibility index (Phi) is 5.16. The standard InChI is InChI=1S/C13H26N4O/c1-7-18-13(2,3)10-14-8-11-9-15-12(16(4)5)17(11)6/h9,14H,7-8,10H2,1-6H3. The zero-order chi connectivity index (χ0) is 13.8. The second-order valence-corrected chi connectivity index (χ2v) is 5.30. The Bertz CT molecular complexity index is 371. The van der Waals surface area contributed by atoms with Gasteiger partial charge in [-0.15, -0.1) is 0 Å². The Labute approximate surface area is 110 Å². The molecule has 1 aromatic heterocycles. The normalized spacial score (nSPS) is 11.9. The monoisotopic (exact) mass is 254 g/mol. The van der Waals surface area contributed by atoms with Gasteiger partial charge >= 0.3 is 0 Å². The van der Waals surface area contributed by atoms with Gasteiger partial charge in [-0.3, -0.25) is 0 Å². The molecule has 0 atom stereocenters. The Morgan fingerprint density at radius 2 is 2.11 bits per heavy atom. The van der Waals surface area contributed by atoms with E-state index in [4.69, 9.17) is 4.74 Å². The van der Waals surface area contributed by atoms with Gasteiger partial charge in [-0.05, 0) is 20.8 Å². The van der Waals surface area contributed by atoms with Gasteiger partial charge in [-0.2, -0.15) is 0 Å². The summed E-state index contributed by atoms with van der Waals surface area (Å²) < 4.78 is 7.75. The molecule has 18 heavy (non-hydrogen) atoms. The maximum atomic E-state index is 5.65. The predicted molar refractivity (Wildman–Crippen MR) is 74.9 cm³/mol. The van der Waals surface area contributed by atoms with Gasteiger partial charge in [0.2, 0.25) is 5.95 Å². The fourth-order valence-corrected chi connectivity index (χ4v) is 1.95. The first-order valence-corrected chi connectivity index (χ1v) is 6.40. The third kappa shape index (κ3) is 3.99. The lowest BCUT2D eigenvalue weighted by atomic mass is 10.1. The highest BCUT2D eigenvalue weighted by Gasteiger charge is 2.17. The van der Waals surface area contributed by atoms with Crippen molar-refractivity contribution in [2.45, 2.75) is 32.9 Å². The molecule has 5 nitrogen and oxygen atoms in total. The summed E-state index contributed by atoms with van der Waals surface area (Å²) >= 11 is 0. The molecule has 0 aromatic carbocycles. The van der Waals surface area contributed by atoms with Crippen LogP contribution in [0.1, 0.15) is 26.5 Å². The molecular formula is C13H26N4O. The van der Waals surface area contributed by atoms with Crippen LogP contribution in [0.15, 0.2) is 6.20 Å². The number of imidazole rings is 1. The van der Waals surface area contributed by atoms with E-state index in [1.165, 1.54) is 5.69 Å². The number of nitrogens with one attached hydrogen (secondary N) is 1. The molecule has 0 spiro atoms. The van der Waals surface area contributed by atoms with Crippen molar-refractivity contribution in [3.63, 3.8) is 0 Å². The summed E-state index contributed by atoms with van der Waals surface area (Å²) in [5.74, 6) is 0.968. The molecule has 1 N–H and O–H groups in total. The van der Waals surface area contributed by atoms with E-state index in [1.807, 2.05) is 39.2 Å². The molecule has 0 fully saturated rings. The van der Waals surface area contributed by atoms with Crippen molar-refractivity contribution in [1.82, 2.24) is 14.9 Å². The van der Waals surface area contributed by atoms with Crippen LogP contribution in [0.3, 0.4) is 0 Å². The van der Waals surface area contributed by atoms with Gasteiger partial charge in [0.05, 0.1) is 17.5 Å². The molecule has 104 valence electrons. The fourth-order valence-electron chi connectivity index (χ4n) is 1.95.